The van der Waals surface area contributed by atoms with Gasteiger partial charge in [0.1, 0.15) is 30.5 Å². The second-order valence-electron chi connectivity index (χ2n) is 15.5. The predicted molar refractivity (Wildman–Crippen MR) is 230 cm³/mol. The number of sulfonamides is 1. The van der Waals surface area contributed by atoms with Crippen LogP contribution in [0.25, 0.3) is 22.3 Å². The molecule has 3 aliphatic heterocycles. The molecular weight excluding hydrogens is 801 g/mol. The Balaban J connectivity index is 0.00000561. The number of aromatic hydroxyl groups is 1. The summed E-state index contributed by atoms with van der Waals surface area (Å²) in [5.41, 5.74) is 2.72. The molecule has 15 nitrogen and oxygen atoms in total. The van der Waals surface area contributed by atoms with E-state index in [-0.39, 0.29) is 61.0 Å². The number of phenolic OH excluding ortho intramolecular Hbond substituents is 1. The van der Waals surface area contributed by atoms with E-state index in [0.717, 1.165) is 48.3 Å². The number of nitrogens with zero attached hydrogens (tertiary/aromatic N) is 5. The first-order valence-corrected chi connectivity index (χ1v) is 21.2. The van der Waals surface area contributed by atoms with Crippen LogP contribution >= 0.6 is 0 Å². The number of hydrogen-bond acceptors (Lipinski definition) is 13. The number of aryl methyl sites for hydroxylation is 1. The minimum absolute atomic E-state index is 0. The first-order chi connectivity index (χ1) is 28.8. The van der Waals surface area contributed by atoms with Gasteiger partial charge in [0, 0.05) is 61.2 Å². The number of hydrogen-bond donors (Lipinski definition) is 2. The Morgan fingerprint density at radius 3 is 2.43 bits per heavy atom. The van der Waals surface area contributed by atoms with Gasteiger partial charge in [-0.15, -0.1) is 0 Å². The number of nitrogens with one attached hydrogen (secondary N) is 1. The van der Waals surface area contributed by atoms with E-state index in [1.165, 1.54) is 19.2 Å². The number of aliphatic imine (C=N–C) groups is 1. The SMILES string of the molecule is C.CC[C@@]1(OC(=O)CN=C(Cc2ccc(OC)cc2)NS(=O)(=O)c2ccc(C)cc2)C(=O)OCc2c1cc1n(c2=O)Cc2cc3c(CN4CCN(C)CC4)c(O)ccc3nc2-1. The molecule has 16 heteroatoms. The summed E-state index contributed by atoms with van der Waals surface area (Å²) in [5.74, 6) is -1.04. The number of methoxy groups -OCH3 is 1. The van der Waals surface area contributed by atoms with Gasteiger partial charge in [0.05, 0.1) is 41.0 Å². The van der Waals surface area contributed by atoms with Crippen molar-refractivity contribution in [2.24, 2.45) is 4.99 Å². The van der Waals surface area contributed by atoms with Crippen molar-refractivity contribution in [3.05, 3.63) is 117 Å². The average molecular weight is 851 g/mol. The summed E-state index contributed by atoms with van der Waals surface area (Å²) >= 11 is 0. The first-order valence-electron chi connectivity index (χ1n) is 19.8. The van der Waals surface area contributed by atoms with E-state index in [9.17, 15) is 27.9 Å². The lowest BCUT2D eigenvalue weighted by molar-refractivity contribution is -0.188. The molecule has 0 unspecified atom stereocenters. The van der Waals surface area contributed by atoms with Crippen molar-refractivity contribution in [2.75, 3.05) is 46.9 Å². The zero-order valence-electron chi connectivity index (χ0n) is 33.9. The number of ether oxygens (including phenoxy) is 3. The molecule has 0 spiro atoms. The number of likely N-dealkylation sites (N-methyl/N-ethyl adjacent to an activating group) is 1. The highest BCUT2D eigenvalue weighted by molar-refractivity contribution is 7.90. The number of carbonyl (C=O) groups excluding carboxylic acids is 2. The number of cyclic esters (lactones) is 1. The normalized spacial score (nSPS) is 17.8. The van der Waals surface area contributed by atoms with Crippen molar-refractivity contribution >= 4 is 38.7 Å². The highest BCUT2D eigenvalue weighted by Gasteiger charge is 2.50. The van der Waals surface area contributed by atoms with Crippen LogP contribution in [0.15, 0.2) is 87.5 Å². The smallest absolute Gasteiger partial charge is 0.355 e. The quantitative estimate of drug-likeness (QED) is 0.105. The Hall–Kier alpha value is -6.10. The van der Waals surface area contributed by atoms with Gasteiger partial charge in [-0.05, 0) is 74.5 Å². The summed E-state index contributed by atoms with van der Waals surface area (Å²) in [6.45, 7) is 6.87. The number of rotatable bonds is 11. The molecule has 5 aromatic rings. The van der Waals surface area contributed by atoms with Gasteiger partial charge in [-0.2, -0.15) is 0 Å². The Morgan fingerprint density at radius 2 is 1.74 bits per heavy atom. The van der Waals surface area contributed by atoms with Crippen LogP contribution < -0.4 is 15.0 Å². The van der Waals surface area contributed by atoms with Crippen LogP contribution in [0.5, 0.6) is 11.5 Å². The second-order valence-corrected chi connectivity index (χ2v) is 17.1. The van der Waals surface area contributed by atoms with E-state index in [4.69, 9.17) is 19.2 Å². The molecule has 0 saturated carbocycles. The van der Waals surface area contributed by atoms with Gasteiger partial charge in [0.25, 0.3) is 15.6 Å². The van der Waals surface area contributed by atoms with Crippen molar-refractivity contribution in [3.8, 4) is 22.9 Å². The zero-order valence-corrected chi connectivity index (χ0v) is 34.7. The molecule has 5 heterocycles. The second kappa shape index (κ2) is 17.1. The molecular formula is C45H50N6O9S. The Bertz CT molecular complexity index is 2710. The largest absolute Gasteiger partial charge is 0.508 e. The van der Waals surface area contributed by atoms with Gasteiger partial charge in [-0.3, -0.25) is 19.4 Å². The fourth-order valence-electron chi connectivity index (χ4n) is 8.03. The number of benzene rings is 3. The lowest BCUT2D eigenvalue weighted by atomic mass is 9.85. The van der Waals surface area contributed by atoms with Crippen LogP contribution in [0.4, 0.5) is 0 Å². The van der Waals surface area contributed by atoms with E-state index in [1.807, 2.05) is 13.0 Å². The molecule has 3 aromatic carbocycles. The lowest BCUT2D eigenvalue weighted by Gasteiger charge is -2.35. The van der Waals surface area contributed by atoms with Crippen molar-refractivity contribution in [1.29, 1.82) is 0 Å². The van der Waals surface area contributed by atoms with Crippen LogP contribution in [-0.4, -0.2) is 97.5 Å². The summed E-state index contributed by atoms with van der Waals surface area (Å²) in [6, 6.07) is 20.3. The predicted octanol–water partition coefficient (Wildman–Crippen LogP) is 4.66. The Kier molecular flexibility index (Phi) is 12.1. The Labute approximate surface area is 354 Å². The maximum atomic E-state index is 14.2. The van der Waals surface area contributed by atoms with Gasteiger partial charge in [0.2, 0.25) is 5.60 Å². The molecule has 1 atom stereocenters. The summed E-state index contributed by atoms with van der Waals surface area (Å²) < 4.78 is 47.8. The third-order valence-corrected chi connectivity index (χ3v) is 12.9. The van der Waals surface area contributed by atoms with E-state index in [2.05, 4.69) is 26.6 Å². The summed E-state index contributed by atoms with van der Waals surface area (Å²) in [7, 11) is -0.478. The van der Waals surface area contributed by atoms with Crippen molar-refractivity contribution in [2.45, 2.75) is 64.3 Å². The molecule has 8 rings (SSSR count). The summed E-state index contributed by atoms with van der Waals surface area (Å²) in [4.78, 5) is 55.7. The van der Waals surface area contributed by atoms with E-state index >= 15 is 0 Å². The maximum absolute atomic E-state index is 14.2. The average Bonchev–Trinajstić information content (AvgIpc) is 3.60. The van der Waals surface area contributed by atoms with E-state index in [1.54, 1.807) is 66.1 Å². The number of fused-ring (bicyclic) bond motifs is 5. The van der Waals surface area contributed by atoms with Crippen LogP contribution in [0.2, 0.25) is 0 Å². The first kappa shape index (κ1) is 43.0. The van der Waals surface area contributed by atoms with Crippen molar-refractivity contribution in [3.63, 3.8) is 0 Å². The summed E-state index contributed by atoms with van der Waals surface area (Å²) in [5, 5.41) is 11.8. The topological polar surface area (TPSA) is 182 Å². The molecule has 1 saturated heterocycles. The van der Waals surface area contributed by atoms with Crippen LogP contribution in [0.1, 0.15) is 54.2 Å². The van der Waals surface area contributed by atoms with Crippen LogP contribution in [0.3, 0.4) is 0 Å². The lowest BCUT2D eigenvalue weighted by Crippen LogP contribution is -2.48. The number of pyridine rings is 2. The van der Waals surface area contributed by atoms with Crippen LogP contribution in [0, 0.1) is 6.92 Å². The number of piperazine rings is 1. The maximum Gasteiger partial charge on any atom is 0.355 e. The Morgan fingerprint density at radius 1 is 1.02 bits per heavy atom. The van der Waals surface area contributed by atoms with Crippen molar-refractivity contribution in [1.82, 2.24) is 24.1 Å². The zero-order chi connectivity index (χ0) is 42.3. The van der Waals surface area contributed by atoms with Gasteiger partial charge in [-0.25, -0.2) is 23.0 Å². The molecule has 2 N–H and O–H groups in total. The fourth-order valence-corrected chi connectivity index (χ4v) is 9.09. The molecule has 1 fully saturated rings. The third kappa shape index (κ3) is 8.35. The number of amidine groups is 1. The third-order valence-electron chi connectivity index (χ3n) is 11.5. The van der Waals surface area contributed by atoms with Gasteiger partial charge < -0.3 is 28.8 Å². The molecule has 0 amide bonds. The number of carbonyl (C=O) groups is 2. The molecule has 0 aliphatic carbocycles. The molecule has 0 radical (unpaired) electrons. The van der Waals surface area contributed by atoms with Crippen molar-refractivity contribution < 1.29 is 37.3 Å². The molecule has 320 valence electrons. The molecule has 61 heavy (non-hydrogen) atoms. The monoisotopic (exact) mass is 850 g/mol. The minimum atomic E-state index is -4.10. The highest BCUT2D eigenvalue weighted by atomic mass is 32.2. The molecule has 0 bridgehead atoms. The number of aromatic nitrogens is 2. The van der Waals surface area contributed by atoms with Crippen LogP contribution in [-0.2, 0) is 60.8 Å². The summed E-state index contributed by atoms with van der Waals surface area (Å²) in [6.07, 6.45) is -0.0595. The van der Waals surface area contributed by atoms with Gasteiger partial charge in [-0.1, -0.05) is 44.2 Å². The van der Waals surface area contributed by atoms with E-state index in [0.29, 0.717) is 34.8 Å². The van der Waals surface area contributed by atoms with Gasteiger partial charge >= 0.3 is 11.9 Å². The fraction of sp³-hybridized carbons (Fsp3) is 0.356. The standard InChI is InChI=1S/C44H46N6O9S.CH4/c1-5-44(59-40(52)23-45-39(20-28-8-10-30(57-4)11-9-28)47-60(55,56)31-12-6-27(2)7-13-31)35-22-37-41-29(24-50(37)42(53)34(35)26-58-43(44)54)21-32-33(38(51)15-14-36(32)46-41)25-49-18-16-48(3)17-19-49;/h6-15,21-22,51H,5,16-20,23-26H2,1-4H3,(H,45,47);1H4/t44-;/m0./s1. The van der Waals surface area contributed by atoms with E-state index < -0.39 is 39.7 Å². The highest BCUT2D eigenvalue weighted by Crippen LogP contribution is 2.42. The molecule has 2 aromatic heterocycles. The number of phenols is 1. The molecule has 3 aliphatic rings. The van der Waals surface area contributed by atoms with Gasteiger partial charge in [0.15, 0.2) is 0 Å². The minimum Gasteiger partial charge on any atom is -0.508 e. The number of esters is 2.